The topological polar surface area (TPSA) is 93.1 Å². The molecule has 8 heteroatoms. The summed E-state index contributed by atoms with van der Waals surface area (Å²) in [7, 11) is -2.62. The lowest BCUT2D eigenvalue weighted by Crippen LogP contribution is -2.49. The van der Waals surface area contributed by atoms with Gasteiger partial charge in [0, 0.05) is 0 Å². The molecule has 1 atom stereocenters. The molecule has 2 aromatic carbocycles. The molecule has 0 spiro atoms. The summed E-state index contributed by atoms with van der Waals surface area (Å²) in [5.74, 6) is 0.258. The van der Waals surface area contributed by atoms with Crippen molar-refractivity contribution in [2.24, 2.45) is 0 Å². The number of benzene rings is 2. The number of carbonyl (C=O) groups excluding carboxylic acids is 1. The number of rotatable bonds is 7. The minimum absolute atomic E-state index is 0.290. The Hall–Kier alpha value is -2.58. The monoisotopic (exact) mass is 393 g/mol. The number of sulfonamides is 1. The van der Waals surface area contributed by atoms with Gasteiger partial charge in [-0.1, -0.05) is 17.7 Å². The fourth-order valence-corrected chi connectivity index (χ4v) is 3.38. The highest BCUT2D eigenvalue weighted by Gasteiger charge is 2.36. The molecule has 1 unspecified atom stereocenters. The van der Waals surface area contributed by atoms with E-state index in [1.54, 1.807) is 12.1 Å². The molecule has 0 aliphatic heterocycles. The second-order valence-electron chi connectivity index (χ2n) is 6.44. The summed E-state index contributed by atoms with van der Waals surface area (Å²) in [6.45, 7) is 2.70. The fourth-order valence-electron chi connectivity index (χ4n) is 2.39. The van der Waals surface area contributed by atoms with Crippen LogP contribution in [-0.2, 0) is 19.6 Å². The van der Waals surface area contributed by atoms with Crippen LogP contribution >= 0.6 is 0 Å². The summed E-state index contributed by atoms with van der Waals surface area (Å²) < 4.78 is 35.5. The van der Waals surface area contributed by atoms with E-state index in [0.717, 1.165) is 23.2 Å². The van der Waals surface area contributed by atoms with Gasteiger partial charge in [-0.05, 0) is 50.2 Å². The predicted octanol–water partition coefficient (Wildman–Crippen LogP) is 2.48. The number of nitrogens with zero attached hydrogens (tertiary/aromatic N) is 1. The van der Waals surface area contributed by atoms with Crippen molar-refractivity contribution in [2.45, 2.75) is 19.4 Å². The zero-order valence-corrected chi connectivity index (χ0v) is 16.5. The Balaban J connectivity index is 2.24. The number of methoxy groups -OCH3 is 1. The largest absolute Gasteiger partial charge is 0.467 e. The number of carbonyl (C=O) groups is 1. The van der Waals surface area contributed by atoms with E-state index in [2.05, 4.69) is 4.74 Å². The molecule has 27 heavy (non-hydrogen) atoms. The van der Waals surface area contributed by atoms with Crippen LogP contribution < -0.4 is 9.04 Å². The van der Waals surface area contributed by atoms with Crippen molar-refractivity contribution >= 4 is 21.7 Å². The smallest absolute Gasteiger partial charge is 0.339 e. The lowest BCUT2D eigenvalue weighted by molar-refractivity contribution is -0.159. The standard InChI is InChI=1S/C19H23NO6S/c1-14-5-9-16(10-6-14)26-17-11-7-15(8-12-17)20(27(4,23)24)13-19(2,22)18(21)25-3/h5-12,22H,13H2,1-4H3. The van der Waals surface area contributed by atoms with E-state index in [0.29, 0.717) is 11.5 Å². The molecule has 2 aromatic rings. The summed E-state index contributed by atoms with van der Waals surface area (Å²) in [6.07, 6.45) is 0.997. The Labute approximate surface area is 159 Å². The van der Waals surface area contributed by atoms with Crippen LogP contribution in [0.4, 0.5) is 5.69 Å². The Bertz CT molecular complexity index is 889. The van der Waals surface area contributed by atoms with E-state index in [1.807, 2.05) is 31.2 Å². The molecule has 2 rings (SSSR count). The minimum Gasteiger partial charge on any atom is -0.467 e. The number of aryl methyl sites for hydroxylation is 1. The molecule has 0 amide bonds. The fraction of sp³-hybridized carbons (Fsp3) is 0.316. The SMILES string of the molecule is COC(=O)C(C)(O)CN(c1ccc(Oc2ccc(C)cc2)cc1)S(C)(=O)=O. The Morgan fingerprint density at radius 3 is 2.00 bits per heavy atom. The van der Waals surface area contributed by atoms with Crippen LogP contribution in [-0.4, -0.2) is 45.0 Å². The van der Waals surface area contributed by atoms with Gasteiger partial charge in [0.1, 0.15) is 11.5 Å². The van der Waals surface area contributed by atoms with E-state index in [1.165, 1.54) is 19.1 Å². The molecule has 0 radical (unpaired) electrons. The molecule has 0 saturated heterocycles. The van der Waals surface area contributed by atoms with Crippen molar-refractivity contribution in [1.82, 2.24) is 0 Å². The van der Waals surface area contributed by atoms with Crippen LogP contribution in [0.15, 0.2) is 48.5 Å². The van der Waals surface area contributed by atoms with E-state index < -0.39 is 28.1 Å². The first-order chi connectivity index (χ1) is 12.5. The van der Waals surface area contributed by atoms with Gasteiger partial charge in [0.05, 0.1) is 25.6 Å². The molecule has 0 bridgehead atoms. The lowest BCUT2D eigenvalue weighted by Gasteiger charge is -2.29. The van der Waals surface area contributed by atoms with Gasteiger partial charge in [0.2, 0.25) is 10.0 Å². The van der Waals surface area contributed by atoms with E-state index >= 15 is 0 Å². The molecule has 7 nitrogen and oxygen atoms in total. The van der Waals surface area contributed by atoms with E-state index in [9.17, 15) is 18.3 Å². The van der Waals surface area contributed by atoms with Gasteiger partial charge in [0.15, 0.2) is 5.60 Å². The van der Waals surface area contributed by atoms with Gasteiger partial charge in [0.25, 0.3) is 0 Å². The number of hydrogen-bond donors (Lipinski definition) is 1. The lowest BCUT2D eigenvalue weighted by atomic mass is 10.1. The quantitative estimate of drug-likeness (QED) is 0.727. The van der Waals surface area contributed by atoms with Crippen LogP contribution in [0, 0.1) is 6.92 Å². The van der Waals surface area contributed by atoms with Gasteiger partial charge >= 0.3 is 5.97 Å². The second-order valence-corrected chi connectivity index (χ2v) is 8.35. The third kappa shape index (κ3) is 5.45. The molecule has 0 aromatic heterocycles. The molecule has 0 heterocycles. The molecular formula is C19H23NO6S. The van der Waals surface area contributed by atoms with Gasteiger partial charge in [-0.3, -0.25) is 4.31 Å². The highest BCUT2D eigenvalue weighted by Crippen LogP contribution is 2.27. The summed E-state index contributed by atoms with van der Waals surface area (Å²) in [4.78, 5) is 11.7. The molecule has 146 valence electrons. The first-order valence-electron chi connectivity index (χ1n) is 8.16. The van der Waals surface area contributed by atoms with Crippen molar-refractivity contribution in [3.63, 3.8) is 0 Å². The van der Waals surface area contributed by atoms with Gasteiger partial charge in [-0.2, -0.15) is 0 Å². The van der Waals surface area contributed by atoms with Crippen LogP contribution in [0.5, 0.6) is 11.5 Å². The van der Waals surface area contributed by atoms with Crippen LogP contribution in [0.2, 0.25) is 0 Å². The zero-order chi connectivity index (χ0) is 20.2. The summed E-state index contributed by atoms with van der Waals surface area (Å²) in [5, 5.41) is 10.2. The van der Waals surface area contributed by atoms with E-state index in [4.69, 9.17) is 4.74 Å². The number of ether oxygens (including phenoxy) is 2. The number of anilines is 1. The molecule has 0 saturated carbocycles. The Morgan fingerprint density at radius 2 is 1.56 bits per heavy atom. The highest BCUT2D eigenvalue weighted by molar-refractivity contribution is 7.92. The van der Waals surface area contributed by atoms with Crippen molar-refractivity contribution in [1.29, 1.82) is 0 Å². The minimum atomic E-state index is -3.74. The molecule has 0 aliphatic carbocycles. The van der Waals surface area contributed by atoms with Gasteiger partial charge < -0.3 is 14.6 Å². The Morgan fingerprint density at radius 1 is 1.07 bits per heavy atom. The van der Waals surface area contributed by atoms with Gasteiger partial charge in [-0.15, -0.1) is 0 Å². The maximum Gasteiger partial charge on any atom is 0.339 e. The second kappa shape index (κ2) is 7.98. The van der Waals surface area contributed by atoms with Crippen LogP contribution in [0.3, 0.4) is 0 Å². The molecule has 0 fully saturated rings. The van der Waals surface area contributed by atoms with Crippen LogP contribution in [0.1, 0.15) is 12.5 Å². The van der Waals surface area contributed by atoms with E-state index in [-0.39, 0.29) is 5.69 Å². The number of esters is 1. The highest BCUT2D eigenvalue weighted by atomic mass is 32.2. The molecule has 1 N–H and O–H groups in total. The summed E-state index contributed by atoms with van der Waals surface area (Å²) in [6, 6.07) is 13.8. The van der Waals surface area contributed by atoms with Crippen molar-refractivity contribution in [3.8, 4) is 11.5 Å². The van der Waals surface area contributed by atoms with Crippen molar-refractivity contribution in [3.05, 3.63) is 54.1 Å². The number of hydrogen-bond acceptors (Lipinski definition) is 6. The van der Waals surface area contributed by atoms with Gasteiger partial charge in [-0.25, -0.2) is 13.2 Å². The Kier molecular flexibility index (Phi) is 6.12. The predicted molar refractivity (Wildman–Crippen MR) is 103 cm³/mol. The molecule has 0 aliphatic rings. The maximum absolute atomic E-state index is 12.2. The zero-order valence-electron chi connectivity index (χ0n) is 15.7. The third-order valence-electron chi connectivity index (χ3n) is 3.86. The van der Waals surface area contributed by atoms with Crippen molar-refractivity contribution in [2.75, 3.05) is 24.2 Å². The van der Waals surface area contributed by atoms with Crippen molar-refractivity contribution < 1.29 is 27.8 Å². The third-order valence-corrected chi connectivity index (χ3v) is 5.00. The average Bonchev–Trinajstić information content (AvgIpc) is 2.61. The first kappa shape index (κ1) is 20.7. The van der Waals surface area contributed by atoms with Crippen LogP contribution in [0.25, 0.3) is 0 Å². The first-order valence-corrected chi connectivity index (χ1v) is 10.0. The normalized spacial score (nSPS) is 13.5. The maximum atomic E-state index is 12.2. The summed E-state index contributed by atoms with van der Waals surface area (Å²) in [5.41, 5.74) is -0.591. The molecular weight excluding hydrogens is 370 g/mol. The average molecular weight is 393 g/mol. The summed E-state index contributed by atoms with van der Waals surface area (Å²) >= 11 is 0. The number of aliphatic hydroxyl groups is 1.